The summed E-state index contributed by atoms with van der Waals surface area (Å²) in [4.78, 5) is 18.9. The van der Waals surface area contributed by atoms with E-state index < -0.39 is 0 Å². The van der Waals surface area contributed by atoms with Crippen LogP contribution in [0.25, 0.3) is 0 Å². The smallest absolute Gasteiger partial charge is 0.266 e. The number of ether oxygens (including phenoxy) is 1. The molecule has 1 aliphatic heterocycles. The van der Waals surface area contributed by atoms with Crippen LogP contribution in [0.1, 0.15) is 12.0 Å². The lowest BCUT2D eigenvalue weighted by Crippen LogP contribution is -2.43. The molecule has 120 valence electrons. The van der Waals surface area contributed by atoms with Crippen LogP contribution in [0.4, 0.5) is 5.82 Å². The van der Waals surface area contributed by atoms with Crippen molar-refractivity contribution in [1.29, 1.82) is 0 Å². The van der Waals surface area contributed by atoms with E-state index in [4.69, 9.17) is 4.74 Å². The number of rotatable bonds is 5. The summed E-state index contributed by atoms with van der Waals surface area (Å²) >= 11 is 1.88. The first-order chi connectivity index (χ1) is 11.2. The van der Waals surface area contributed by atoms with Gasteiger partial charge in [0, 0.05) is 18.0 Å². The fourth-order valence-corrected chi connectivity index (χ4v) is 3.85. The summed E-state index contributed by atoms with van der Waals surface area (Å²) in [7, 11) is 0. The lowest BCUT2D eigenvalue weighted by atomic mass is 10.2. The minimum absolute atomic E-state index is 0.0290. The van der Waals surface area contributed by atoms with Crippen LogP contribution in [0.2, 0.25) is 0 Å². The Morgan fingerprint density at radius 2 is 2.26 bits per heavy atom. The molecule has 0 radical (unpaired) electrons. The molecule has 1 amide bonds. The molecule has 1 aliphatic rings. The third-order valence-electron chi connectivity index (χ3n) is 3.79. The molecule has 1 saturated heterocycles. The highest BCUT2D eigenvalue weighted by Gasteiger charge is 2.29. The lowest BCUT2D eigenvalue weighted by Gasteiger charge is -2.27. The van der Waals surface area contributed by atoms with E-state index in [1.807, 2.05) is 61.2 Å². The molecule has 1 aromatic carbocycles. The van der Waals surface area contributed by atoms with Crippen molar-refractivity contribution in [2.45, 2.75) is 19.4 Å². The molecule has 0 N–H and O–H groups in total. The number of amides is 1. The van der Waals surface area contributed by atoms with E-state index in [2.05, 4.69) is 4.98 Å². The molecule has 23 heavy (non-hydrogen) atoms. The topological polar surface area (TPSA) is 42.4 Å². The van der Waals surface area contributed by atoms with Crippen molar-refractivity contribution in [2.75, 3.05) is 23.0 Å². The Labute approximate surface area is 140 Å². The highest BCUT2D eigenvalue weighted by molar-refractivity contribution is 7.99. The molecule has 1 fully saturated rings. The SMILES string of the molecule is Cc1cccc(OCC(=O)N(c2ccccn2)C2CCSC2)c1. The minimum atomic E-state index is -0.0438. The molecule has 2 heterocycles. The van der Waals surface area contributed by atoms with Gasteiger partial charge < -0.3 is 4.74 Å². The summed E-state index contributed by atoms with van der Waals surface area (Å²) in [5.74, 6) is 3.42. The van der Waals surface area contributed by atoms with E-state index in [1.165, 1.54) is 0 Å². The van der Waals surface area contributed by atoms with Crippen LogP contribution in [0, 0.1) is 6.92 Å². The third kappa shape index (κ3) is 4.05. The molecule has 2 aromatic rings. The van der Waals surface area contributed by atoms with E-state index in [9.17, 15) is 4.79 Å². The summed E-state index contributed by atoms with van der Waals surface area (Å²) in [5.41, 5.74) is 1.11. The first-order valence-corrected chi connectivity index (χ1v) is 8.90. The van der Waals surface area contributed by atoms with E-state index in [0.717, 1.165) is 29.2 Å². The van der Waals surface area contributed by atoms with Crippen LogP contribution in [-0.2, 0) is 4.79 Å². The van der Waals surface area contributed by atoms with E-state index in [0.29, 0.717) is 5.82 Å². The molecule has 4 nitrogen and oxygen atoms in total. The zero-order valence-corrected chi connectivity index (χ0v) is 14.0. The number of benzene rings is 1. The van der Waals surface area contributed by atoms with Crippen molar-refractivity contribution < 1.29 is 9.53 Å². The quantitative estimate of drug-likeness (QED) is 0.844. The summed E-state index contributed by atoms with van der Waals surface area (Å²) < 4.78 is 5.68. The summed E-state index contributed by atoms with van der Waals surface area (Å²) in [6.07, 6.45) is 2.72. The van der Waals surface area contributed by atoms with E-state index >= 15 is 0 Å². The molecule has 0 saturated carbocycles. The summed E-state index contributed by atoms with van der Waals surface area (Å²) in [5, 5.41) is 0. The molecule has 1 aromatic heterocycles. The van der Waals surface area contributed by atoms with Gasteiger partial charge in [0.2, 0.25) is 0 Å². The highest BCUT2D eigenvalue weighted by atomic mass is 32.2. The van der Waals surface area contributed by atoms with Gasteiger partial charge in [-0.3, -0.25) is 9.69 Å². The summed E-state index contributed by atoms with van der Waals surface area (Å²) in [6.45, 7) is 2.03. The number of hydrogen-bond donors (Lipinski definition) is 0. The van der Waals surface area contributed by atoms with Crippen molar-refractivity contribution in [2.24, 2.45) is 0 Å². The number of hydrogen-bond acceptors (Lipinski definition) is 4. The number of carbonyl (C=O) groups is 1. The molecule has 1 atom stereocenters. The Bertz CT molecular complexity index is 657. The van der Waals surface area contributed by atoms with Crippen LogP contribution in [0.15, 0.2) is 48.7 Å². The van der Waals surface area contributed by atoms with Gasteiger partial charge in [-0.1, -0.05) is 18.2 Å². The van der Waals surface area contributed by atoms with Crippen molar-refractivity contribution >= 4 is 23.5 Å². The second-order valence-electron chi connectivity index (χ2n) is 5.57. The second-order valence-corrected chi connectivity index (χ2v) is 6.72. The zero-order chi connectivity index (χ0) is 16.1. The van der Waals surface area contributed by atoms with Crippen molar-refractivity contribution in [3.63, 3.8) is 0 Å². The predicted molar refractivity (Wildman–Crippen MR) is 94.1 cm³/mol. The molecule has 1 unspecified atom stereocenters. The monoisotopic (exact) mass is 328 g/mol. The number of aryl methyl sites for hydroxylation is 1. The predicted octanol–water partition coefficient (Wildman–Crippen LogP) is 3.31. The van der Waals surface area contributed by atoms with E-state index in [1.54, 1.807) is 11.1 Å². The first kappa shape index (κ1) is 15.9. The average Bonchev–Trinajstić information content (AvgIpc) is 3.08. The lowest BCUT2D eigenvalue weighted by molar-refractivity contribution is -0.121. The molecule has 0 aliphatic carbocycles. The summed E-state index contributed by atoms with van der Waals surface area (Å²) in [6, 6.07) is 13.6. The molecule has 0 bridgehead atoms. The zero-order valence-electron chi connectivity index (χ0n) is 13.1. The molecule has 3 rings (SSSR count). The Hall–Kier alpha value is -2.01. The van der Waals surface area contributed by atoms with Gasteiger partial charge in [0.1, 0.15) is 11.6 Å². The second kappa shape index (κ2) is 7.51. The van der Waals surface area contributed by atoms with Gasteiger partial charge in [0.05, 0.1) is 0 Å². The van der Waals surface area contributed by atoms with Crippen LogP contribution >= 0.6 is 11.8 Å². The molecular formula is C18H20N2O2S. The van der Waals surface area contributed by atoms with Crippen LogP contribution < -0.4 is 9.64 Å². The van der Waals surface area contributed by atoms with Gasteiger partial charge in [0.25, 0.3) is 5.91 Å². The maximum atomic E-state index is 12.7. The van der Waals surface area contributed by atoms with Gasteiger partial charge in [-0.25, -0.2) is 4.98 Å². The Morgan fingerprint density at radius 3 is 2.96 bits per heavy atom. The standard InChI is InChI=1S/C18H20N2O2S/c1-14-5-4-6-16(11-14)22-12-18(21)20(15-8-10-23-13-15)17-7-2-3-9-19-17/h2-7,9,11,15H,8,10,12-13H2,1H3. The Balaban J connectivity index is 1.72. The average molecular weight is 328 g/mol. The molecular weight excluding hydrogens is 308 g/mol. The largest absolute Gasteiger partial charge is 0.484 e. The fraction of sp³-hybridized carbons (Fsp3) is 0.333. The maximum absolute atomic E-state index is 12.7. The fourth-order valence-electron chi connectivity index (χ4n) is 2.66. The minimum Gasteiger partial charge on any atom is -0.484 e. The molecule has 5 heteroatoms. The van der Waals surface area contributed by atoms with E-state index in [-0.39, 0.29) is 18.6 Å². The highest BCUT2D eigenvalue weighted by Crippen LogP contribution is 2.26. The number of carbonyl (C=O) groups excluding carboxylic acids is 1. The number of aromatic nitrogens is 1. The number of pyridine rings is 1. The van der Waals surface area contributed by atoms with Crippen LogP contribution in [0.3, 0.4) is 0 Å². The Kier molecular flexibility index (Phi) is 5.18. The first-order valence-electron chi connectivity index (χ1n) is 7.74. The number of nitrogens with zero attached hydrogens (tertiary/aromatic N) is 2. The van der Waals surface area contributed by atoms with Crippen molar-refractivity contribution in [3.8, 4) is 5.75 Å². The van der Waals surface area contributed by atoms with Crippen LogP contribution in [-0.4, -0.2) is 35.0 Å². The number of thioether (sulfide) groups is 1. The van der Waals surface area contributed by atoms with Gasteiger partial charge in [0.15, 0.2) is 6.61 Å². The van der Waals surface area contributed by atoms with Gasteiger partial charge >= 0.3 is 0 Å². The molecule has 0 spiro atoms. The normalized spacial score (nSPS) is 17.0. The van der Waals surface area contributed by atoms with Crippen molar-refractivity contribution in [3.05, 3.63) is 54.2 Å². The third-order valence-corrected chi connectivity index (χ3v) is 4.93. The number of anilines is 1. The van der Waals surface area contributed by atoms with Gasteiger partial charge in [-0.2, -0.15) is 11.8 Å². The van der Waals surface area contributed by atoms with Gasteiger partial charge in [-0.15, -0.1) is 0 Å². The van der Waals surface area contributed by atoms with Crippen molar-refractivity contribution in [1.82, 2.24) is 4.98 Å². The van der Waals surface area contributed by atoms with Gasteiger partial charge in [-0.05, 0) is 48.9 Å². The maximum Gasteiger partial charge on any atom is 0.266 e. The van der Waals surface area contributed by atoms with Crippen LogP contribution in [0.5, 0.6) is 5.75 Å². The Morgan fingerprint density at radius 1 is 1.35 bits per heavy atom.